The van der Waals surface area contributed by atoms with Gasteiger partial charge in [-0.05, 0) is 0 Å². The second-order valence-electron chi connectivity index (χ2n) is 3.45. The summed E-state index contributed by atoms with van der Waals surface area (Å²) in [6, 6.07) is 1.24. The lowest BCUT2D eigenvalue weighted by Crippen LogP contribution is -2.15. The first-order chi connectivity index (χ1) is 9.03. The summed E-state index contributed by atoms with van der Waals surface area (Å²) in [5, 5.41) is 3.89. The predicted octanol–water partition coefficient (Wildman–Crippen LogP) is 0.0194. The van der Waals surface area contributed by atoms with Crippen molar-refractivity contribution < 1.29 is 28.6 Å². The zero-order valence-electron chi connectivity index (χ0n) is 10.8. The van der Waals surface area contributed by atoms with Gasteiger partial charge in [0.25, 0.3) is 0 Å². The Bertz CT molecular complexity index is 493. The maximum absolute atomic E-state index is 11.5. The Hall–Kier alpha value is -2.38. The molecule has 0 saturated carbocycles. The SMILES string of the molecule is COC(=O)CCn1nc(C(=O)OC)cc1C(=O)OC. The third-order valence-corrected chi connectivity index (χ3v) is 2.32. The number of rotatable bonds is 5. The number of hydrogen-bond acceptors (Lipinski definition) is 7. The largest absolute Gasteiger partial charge is 0.469 e. The van der Waals surface area contributed by atoms with Crippen molar-refractivity contribution in [2.45, 2.75) is 13.0 Å². The average molecular weight is 270 g/mol. The van der Waals surface area contributed by atoms with E-state index >= 15 is 0 Å². The molecule has 1 rings (SSSR count). The van der Waals surface area contributed by atoms with E-state index in [4.69, 9.17) is 0 Å². The van der Waals surface area contributed by atoms with Gasteiger partial charge in [-0.15, -0.1) is 0 Å². The van der Waals surface area contributed by atoms with Crippen LogP contribution in [0.5, 0.6) is 0 Å². The van der Waals surface area contributed by atoms with Crippen molar-refractivity contribution in [2.24, 2.45) is 0 Å². The smallest absolute Gasteiger partial charge is 0.358 e. The molecular weight excluding hydrogens is 256 g/mol. The molecule has 0 N–H and O–H groups in total. The zero-order chi connectivity index (χ0) is 14.4. The topological polar surface area (TPSA) is 96.7 Å². The Morgan fingerprint density at radius 2 is 1.74 bits per heavy atom. The van der Waals surface area contributed by atoms with Gasteiger partial charge < -0.3 is 14.2 Å². The third-order valence-electron chi connectivity index (χ3n) is 2.32. The van der Waals surface area contributed by atoms with E-state index in [0.717, 1.165) is 0 Å². The van der Waals surface area contributed by atoms with Crippen LogP contribution in [0.1, 0.15) is 27.4 Å². The second-order valence-corrected chi connectivity index (χ2v) is 3.45. The minimum atomic E-state index is -0.679. The summed E-state index contributed by atoms with van der Waals surface area (Å²) in [7, 11) is 3.66. The van der Waals surface area contributed by atoms with Crippen LogP contribution in [0.4, 0.5) is 0 Å². The lowest BCUT2D eigenvalue weighted by molar-refractivity contribution is -0.140. The van der Waals surface area contributed by atoms with Crippen molar-refractivity contribution in [3.05, 3.63) is 17.5 Å². The lowest BCUT2D eigenvalue weighted by atomic mass is 10.3. The van der Waals surface area contributed by atoms with E-state index in [1.54, 1.807) is 0 Å². The van der Waals surface area contributed by atoms with Crippen molar-refractivity contribution in [2.75, 3.05) is 21.3 Å². The molecule has 0 radical (unpaired) electrons. The first-order valence-corrected chi connectivity index (χ1v) is 5.34. The molecule has 0 aliphatic carbocycles. The van der Waals surface area contributed by atoms with E-state index in [2.05, 4.69) is 19.3 Å². The summed E-state index contributed by atoms with van der Waals surface area (Å²) in [6.07, 6.45) is 0.0167. The van der Waals surface area contributed by atoms with Gasteiger partial charge in [0.15, 0.2) is 5.69 Å². The van der Waals surface area contributed by atoms with Crippen LogP contribution in [-0.2, 0) is 25.5 Å². The van der Waals surface area contributed by atoms with E-state index in [1.807, 2.05) is 0 Å². The lowest BCUT2D eigenvalue weighted by Gasteiger charge is -2.04. The van der Waals surface area contributed by atoms with Gasteiger partial charge in [-0.3, -0.25) is 9.48 Å². The minimum absolute atomic E-state index is 0.0167. The first kappa shape index (κ1) is 14.7. The normalized spacial score (nSPS) is 9.84. The summed E-state index contributed by atoms with van der Waals surface area (Å²) >= 11 is 0. The van der Waals surface area contributed by atoms with Crippen molar-refractivity contribution in [3.8, 4) is 0 Å². The number of aryl methyl sites for hydroxylation is 1. The highest BCUT2D eigenvalue weighted by Crippen LogP contribution is 2.08. The number of methoxy groups -OCH3 is 3. The van der Waals surface area contributed by atoms with Crippen molar-refractivity contribution in [1.82, 2.24) is 9.78 Å². The number of nitrogens with zero attached hydrogens (tertiary/aromatic N) is 2. The summed E-state index contributed by atoms with van der Waals surface area (Å²) in [5.74, 6) is -1.79. The molecule has 0 aliphatic heterocycles. The maximum atomic E-state index is 11.5. The van der Waals surface area contributed by atoms with Crippen LogP contribution in [0.2, 0.25) is 0 Å². The maximum Gasteiger partial charge on any atom is 0.358 e. The van der Waals surface area contributed by atoms with Gasteiger partial charge in [0, 0.05) is 6.07 Å². The van der Waals surface area contributed by atoms with E-state index in [-0.39, 0.29) is 24.4 Å². The number of hydrogen-bond donors (Lipinski definition) is 0. The van der Waals surface area contributed by atoms with Crippen molar-refractivity contribution in [3.63, 3.8) is 0 Å². The van der Waals surface area contributed by atoms with Gasteiger partial charge in [0.05, 0.1) is 34.3 Å². The predicted molar refractivity (Wildman–Crippen MR) is 61.5 cm³/mol. The molecule has 0 aromatic carbocycles. The molecule has 104 valence electrons. The van der Waals surface area contributed by atoms with Gasteiger partial charge in [-0.2, -0.15) is 5.10 Å². The molecule has 0 aliphatic rings. The number of esters is 3. The van der Waals surface area contributed by atoms with E-state index in [1.165, 1.54) is 32.1 Å². The Balaban J connectivity index is 2.99. The van der Waals surface area contributed by atoms with Crippen LogP contribution in [0.15, 0.2) is 6.07 Å². The summed E-state index contributed by atoms with van der Waals surface area (Å²) in [5.41, 5.74) is 0.0274. The Morgan fingerprint density at radius 1 is 1.11 bits per heavy atom. The second kappa shape index (κ2) is 6.53. The summed E-state index contributed by atoms with van der Waals surface area (Å²) in [6.45, 7) is 0.0914. The highest BCUT2D eigenvalue weighted by atomic mass is 16.5. The highest BCUT2D eigenvalue weighted by molar-refractivity contribution is 5.93. The van der Waals surface area contributed by atoms with Gasteiger partial charge in [-0.25, -0.2) is 9.59 Å². The Kier molecular flexibility index (Phi) is 5.04. The minimum Gasteiger partial charge on any atom is -0.469 e. The molecule has 8 heteroatoms. The fraction of sp³-hybridized carbons (Fsp3) is 0.455. The van der Waals surface area contributed by atoms with Crippen molar-refractivity contribution in [1.29, 1.82) is 0 Å². The molecule has 0 saturated heterocycles. The summed E-state index contributed by atoms with van der Waals surface area (Å²) in [4.78, 5) is 33.9. The Labute approximate surface area is 109 Å². The quantitative estimate of drug-likeness (QED) is 0.549. The van der Waals surface area contributed by atoms with Crippen LogP contribution in [-0.4, -0.2) is 49.0 Å². The molecule has 1 aromatic heterocycles. The van der Waals surface area contributed by atoms with Gasteiger partial charge in [0.2, 0.25) is 0 Å². The average Bonchev–Trinajstić information content (AvgIpc) is 2.86. The molecule has 0 bridgehead atoms. The van der Waals surface area contributed by atoms with Crippen LogP contribution in [0, 0.1) is 0 Å². The third kappa shape index (κ3) is 3.54. The van der Waals surface area contributed by atoms with Gasteiger partial charge >= 0.3 is 17.9 Å². The number of carbonyl (C=O) groups excluding carboxylic acids is 3. The molecule has 0 unspecified atom stereocenters. The molecule has 19 heavy (non-hydrogen) atoms. The fourth-order valence-electron chi connectivity index (χ4n) is 1.36. The van der Waals surface area contributed by atoms with E-state index in [9.17, 15) is 14.4 Å². The molecule has 1 heterocycles. The van der Waals surface area contributed by atoms with Crippen LogP contribution >= 0.6 is 0 Å². The van der Waals surface area contributed by atoms with E-state index < -0.39 is 17.9 Å². The highest BCUT2D eigenvalue weighted by Gasteiger charge is 2.20. The number of carbonyl (C=O) groups is 3. The number of aromatic nitrogens is 2. The number of ether oxygens (including phenoxy) is 3. The zero-order valence-corrected chi connectivity index (χ0v) is 10.8. The molecular formula is C11H14N2O6. The van der Waals surface area contributed by atoms with E-state index in [0.29, 0.717) is 0 Å². The fourth-order valence-corrected chi connectivity index (χ4v) is 1.36. The molecule has 0 spiro atoms. The monoisotopic (exact) mass is 270 g/mol. The van der Waals surface area contributed by atoms with Crippen LogP contribution in [0.25, 0.3) is 0 Å². The molecule has 1 aromatic rings. The molecule has 0 amide bonds. The molecule has 8 nitrogen and oxygen atoms in total. The van der Waals surface area contributed by atoms with Gasteiger partial charge in [0.1, 0.15) is 5.69 Å². The first-order valence-electron chi connectivity index (χ1n) is 5.34. The standard InChI is InChI=1S/C11H14N2O6/c1-17-9(14)4-5-13-8(11(16)19-3)6-7(12-13)10(15)18-2/h6H,4-5H2,1-3H3. The molecule has 0 atom stereocenters. The summed E-state index contributed by atoms with van der Waals surface area (Å²) < 4.78 is 14.8. The molecule has 0 fully saturated rings. The van der Waals surface area contributed by atoms with Crippen molar-refractivity contribution >= 4 is 17.9 Å². The van der Waals surface area contributed by atoms with Gasteiger partial charge in [-0.1, -0.05) is 0 Å². The van der Waals surface area contributed by atoms with Crippen LogP contribution < -0.4 is 0 Å². The Morgan fingerprint density at radius 3 is 2.26 bits per heavy atom. The van der Waals surface area contributed by atoms with Crippen LogP contribution in [0.3, 0.4) is 0 Å².